The Hall–Kier alpha value is -4.73. The van der Waals surface area contributed by atoms with Crippen LogP contribution in [0.25, 0.3) is 0 Å². The molecule has 1 rings (SSSR count). The van der Waals surface area contributed by atoms with Gasteiger partial charge < -0.3 is 55.3 Å². The summed E-state index contributed by atoms with van der Waals surface area (Å²) in [6, 6.07) is -1.16. The molecule has 1 heterocycles. The maximum Gasteiger partial charge on any atom is 0.334 e. The van der Waals surface area contributed by atoms with Gasteiger partial charge in [-0.25, -0.2) is 9.59 Å². The highest BCUT2D eigenvalue weighted by Gasteiger charge is 2.32. The van der Waals surface area contributed by atoms with Gasteiger partial charge in [0.25, 0.3) is 11.8 Å². The van der Waals surface area contributed by atoms with Gasteiger partial charge in [-0.15, -0.1) is 5.06 Å². The molecule has 6 amide bonds. The third-order valence-electron chi connectivity index (χ3n) is 9.54. The second-order valence-electron chi connectivity index (χ2n) is 15.0. The minimum atomic E-state index is -1.20. The van der Waals surface area contributed by atoms with E-state index < -0.39 is 41.7 Å². The van der Waals surface area contributed by atoms with Crippen LogP contribution in [0.4, 0.5) is 0 Å². The number of ether oxygens (including phenoxy) is 4. The second-order valence-corrected chi connectivity index (χ2v) is 15.0. The summed E-state index contributed by atoms with van der Waals surface area (Å²) in [5, 5.41) is 28.8. The highest BCUT2D eigenvalue weighted by Crippen LogP contribution is 2.15. The van der Waals surface area contributed by atoms with E-state index in [0.717, 1.165) is 44.9 Å². The Bertz CT molecular complexity index is 1370. The minimum absolute atomic E-state index is 0.0113. The highest BCUT2D eigenvalue weighted by molar-refractivity contribution is 6.01. The van der Waals surface area contributed by atoms with E-state index >= 15 is 0 Å². The smallest absolute Gasteiger partial charge is 0.334 e. The number of nitrogens with zero attached hydrogens (tertiary/aromatic N) is 1. The molecule has 0 bridgehead atoms. The molecule has 21 nitrogen and oxygen atoms in total. The van der Waals surface area contributed by atoms with Gasteiger partial charge in [0.2, 0.25) is 23.6 Å². The Balaban J connectivity index is 1.90. The summed E-state index contributed by atoms with van der Waals surface area (Å²) < 4.78 is 21.1. The molecule has 0 aromatic rings. The molecule has 1 aliphatic rings. The number of unbranched alkanes of at least 4 members (excludes halogenated alkanes) is 13. The molecule has 21 heteroatoms. The normalized spacial score (nSPS) is 12.8. The quantitative estimate of drug-likeness (QED) is 0.0378. The molecule has 1 saturated heterocycles. The number of imide groups is 1. The highest BCUT2D eigenvalue weighted by atomic mass is 16.7. The first-order valence-electron chi connectivity index (χ1n) is 22.3. The van der Waals surface area contributed by atoms with Crippen molar-refractivity contribution in [1.82, 2.24) is 26.3 Å². The summed E-state index contributed by atoms with van der Waals surface area (Å²) in [5.41, 5.74) is 0. The van der Waals surface area contributed by atoms with Crippen molar-refractivity contribution >= 4 is 53.4 Å². The minimum Gasteiger partial charge on any atom is -0.481 e. The third-order valence-corrected chi connectivity index (χ3v) is 9.54. The lowest BCUT2D eigenvalue weighted by Crippen LogP contribution is -2.41. The van der Waals surface area contributed by atoms with E-state index in [1.807, 2.05) is 0 Å². The Labute approximate surface area is 369 Å². The van der Waals surface area contributed by atoms with Crippen molar-refractivity contribution in [2.24, 2.45) is 0 Å². The van der Waals surface area contributed by atoms with Gasteiger partial charge in [0.05, 0.1) is 46.1 Å². The molecule has 360 valence electrons. The number of aliphatic carboxylic acids is 2. The molecular formula is C42H71N5O16. The van der Waals surface area contributed by atoms with Crippen LogP contribution in [-0.4, -0.2) is 147 Å². The Morgan fingerprint density at radius 3 is 1.40 bits per heavy atom. The lowest BCUT2D eigenvalue weighted by molar-refractivity contribution is -0.197. The van der Waals surface area contributed by atoms with E-state index in [4.69, 9.17) is 28.9 Å². The van der Waals surface area contributed by atoms with E-state index in [1.54, 1.807) is 0 Å². The molecule has 0 aromatic carbocycles. The Morgan fingerprint density at radius 1 is 0.492 bits per heavy atom. The van der Waals surface area contributed by atoms with E-state index in [0.29, 0.717) is 11.5 Å². The SMILES string of the molecule is O=C(O)CCCCCCCCCCCCCCCCC(=O)N[C@@H](CCC(=O)NCCOCCOCC(=O)NCCOCCOCC(=O)NCCC(=O)ON1C(=O)CCC1=O)C(=O)O. The third kappa shape index (κ3) is 33.5. The number of carbonyl (C=O) groups excluding carboxylic acids is 7. The monoisotopic (exact) mass is 901 g/mol. The first-order chi connectivity index (χ1) is 30.4. The molecule has 63 heavy (non-hydrogen) atoms. The number of amides is 6. The lowest BCUT2D eigenvalue weighted by Gasteiger charge is -2.14. The summed E-state index contributed by atoms with van der Waals surface area (Å²) in [5.74, 6) is -5.48. The number of carboxylic acid groups (broad SMARTS) is 2. The maximum atomic E-state index is 12.3. The number of carboxylic acids is 2. The van der Waals surface area contributed by atoms with E-state index in [9.17, 15) is 48.3 Å². The second kappa shape index (κ2) is 37.8. The molecule has 0 radical (unpaired) electrons. The van der Waals surface area contributed by atoms with Crippen LogP contribution in [0.2, 0.25) is 0 Å². The lowest BCUT2D eigenvalue weighted by atomic mass is 10.0. The molecule has 0 aromatic heterocycles. The number of rotatable bonds is 42. The first-order valence-corrected chi connectivity index (χ1v) is 22.3. The average Bonchev–Trinajstić information content (AvgIpc) is 3.55. The fraction of sp³-hybridized carbons (Fsp3) is 0.786. The number of carbonyl (C=O) groups is 9. The topological polar surface area (TPSA) is 292 Å². The average molecular weight is 902 g/mol. The van der Waals surface area contributed by atoms with Crippen LogP contribution in [0.5, 0.6) is 0 Å². The van der Waals surface area contributed by atoms with Crippen LogP contribution >= 0.6 is 0 Å². The molecule has 0 spiro atoms. The molecule has 1 fully saturated rings. The van der Waals surface area contributed by atoms with Gasteiger partial charge in [-0.3, -0.25) is 33.6 Å². The molecule has 6 N–H and O–H groups in total. The van der Waals surface area contributed by atoms with Crippen molar-refractivity contribution in [2.75, 3.05) is 72.5 Å². The van der Waals surface area contributed by atoms with Crippen molar-refractivity contribution in [2.45, 2.75) is 141 Å². The van der Waals surface area contributed by atoms with Gasteiger partial charge in [-0.2, -0.15) is 0 Å². The Kier molecular flexibility index (Phi) is 33.8. The van der Waals surface area contributed by atoms with Gasteiger partial charge in [0, 0.05) is 51.7 Å². The zero-order valence-corrected chi connectivity index (χ0v) is 36.8. The molecule has 0 saturated carbocycles. The fourth-order valence-electron chi connectivity index (χ4n) is 6.08. The summed E-state index contributed by atoms with van der Waals surface area (Å²) in [6.45, 7) is 0.806. The van der Waals surface area contributed by atoms with Gasteiger partial charge in [0.1, 0.15) is 19.3 Å². The van der Waals surface area contributed by atoms with Crippen LogP contribution in [0.15, 0.2) is 0 Å². The first kappa shape index (κ1) is 56.3. The molecule has 1 aliphatic heterocycles. The number of nitrogens with one attached hydrogen (secondary N) is 4. The zero-order chi connectivity index (χ0) is 46.3. The van der Waals surface area contributed by atoms with Crippen LogP contribution in [0, 0.1) is 0 Å². The standard InChI is InChI=1S/C42H71N5O16/c48-34(18-17-33(42(57)58)46-35(49)15-13-11-9-7-5-3-1-2-4-6-8-10-12-14-16-40(54)55)44-23-25-59-27-30-62-32-37(51)45-24-26-60-28-29-61-31-36(50)43-22-21-41(56)63-47-38(52)19-20-39(47)53/h33H,1-32H2,(H,43,50)(H,44,48)(H,45,51)(H,46,49)(H,54,55)(H,57,58)/t33-/m0/s1. The van der Waals surface area contributed by atoms with E-state index in [-0.39, 0.29) is 135 Å². The van der Waals surface area contributed by atoms with Gasteiger partial charge in [-0.1, -0.05) is 77.0 Å². The summed E-state index contributed by atoms with van der Waals surface area (Å²) in [7, 11) is 0. The zero-order valence-electron chi connectivity index (χ0n) is 36.8. The largest absolute Gasteiger partial charge is 0.481 e. The molecular weight excluding hydrogens is 830 g/mol. The summed E-state index contributed by atoms with van der Waals surface area (Å²) in [6.07, 6.45) is 15.1. The van der Waals surface area contributed by atoms with Crippen LogP contribution in [0.3, 0.4) is 0 Å². The predicted octanol–water partition coefficient (Wildman–Crippen LogP) is 2.07. The van der Waals surface area contributed by atoms with Crippen LogP contribution in [0.1, 0.15) is 135 Å². The number of hydrogen-bond acceptors (Lipinski definition) is 14. The number of hydrogen-bond donors (Lipinski definition) is 6. The number of hydroxylamine groups is 2. The van der Waals surface area contributed by atoms with Crippen molar-refractivity contribution in [3.8, 4) is 0 Å². The molecule has 1 atom stereocenters. The summed E-state index contributed by atoms with van der Waals surface area (Å²) >= 11 is 0. The van der Waals surface area contributed by atoms with Crippen molar-refractivity contribution in [1.29, 1.82) is 0 Å². The van der Waals surface area contributed by atoms with Crippen LogP contribution in [-0.2, 0) is 66.9 Å². The van der Waals surface area contributed by atoms with Crippen molar-refractivity contribution in [3.63, 3.8) is 0 Å². The van der Waals surface area contributed by atoms with Crippen LogP contribution < -0.4 is 21.3 Å². The Morgan fingerprint density at radius 2 is 0.921 bits per heavy atom. The van der Waals surface area contributed by atoms with E-state index in [2.05, 4.69) is 21.3 Å². The molecule has 0 aliphatic carbocycles. The predicted molar refractivity (Wildman–Crippen MR) is 224 cm³/mol. The molecule has 0 unspecified atom stereocenters. The van der Waals surface area contributed by atoms with Gasteiger partial charge >= 0.3 is 17.9 Å². The fourth-order valence-corrected chi connectivity index (χ4v) is 6.08. The summed E-state index contributed by atoms with van der Waals surface area (Å²) in [4.78, 5) is 110. The van der Waals surface area contributed by atoms with E-state index in [1.165, 1.54) is 38.5 Å². The van der Waals surface area contributed by atoms with Crippen molar-refractivity contribution < 1.29 is 77.1 Å². The maximum absolute atomic E-state index is 12.3. The van der Waals surface area contributed by atoms with Crippen molar-refractivity contribution in [3.05, 3.63) is 0 Å². The van der Waals surface area contributed by atoms with Gasteiger partial charge in [0.15, 0.2) is 0 Å². The van der Waals surface area contributed by atoms with Gasteiger partial charge in [-0.05, 0) is 19.3 Å².